The smallest absolute Gasteiger partial charge is 0.183 e. The summed E-state index contributed by atoms with van der Waals surface area (Å²) < 4.78 is 22.4. The summed E-state index contributed by atoms with van der Waals surface area (Å²) in [6.45, 7) is 2.10. The van der Waals surface area contributed by atoms with Gasteiger partial charge in [-0.2, -0.15) is 0 Å². The van der Waals surface area contributed by atoms with E-state index in [1.165, 1.54) is 37.5 Å². The summed E-state index contributed by atoms with van der Waals surface area (Å²) in [5.41, 5.74) is -3.04. The predicted octanol–water partition coefficient (Wildman–Crippen LogP) is 1.16. The van der Waals surface area contributed by atoms with Crippen LogP contribution in [0.15, 0.2) is 12.7 Å². The number of rotatable bonds is 4. The fourth-order valence-electron chi connectivity index (χ4n) is 3.40. The Bertz CT molecular complexity index is 789. The van der Waals surface area contributed by atoms with E-state index in [9.17, 15) is 10.2 Å². The van der Waals surface area contributed by atoms with E-state index in [4.69, 9.17) is 4.74 Å². The van der Waals surface area contributed by atoms with Gasteiger partial charge in [0.15, 0.2) is 28.9 Å². The number of hydrogen-bond acceptors (Lipinski definition) is 7. The molecule has 4 rings (SSSR count). The molecule has 25 heavy (non-hydrogen) atoms. The van der Waals surface area contributed by atoms with Gasteiger partial charge in [0, 0.05) is 6.04 Å². The number of anilines is 1. The summed E-state index contributed by atoms with van der Waals surface area (Å²) in [6, 6.07) is 0.372. The molecule has 2 aromatic heterocycles. The van der Waals surface area contributed by atoms with Crippen LogP contribution < -0.4 is 5.32 Å². The minimum atomic E-state index is -2.14. The highest BCUT2D eigenvalue weighted by atomic mass is 19.1. The minimum Gasteiger partial charge on any atom is -0.394 e. The van der Waals surface area contributed by atoms with Crippen LogP contribution in [0.25, 0.3) is 11.2 Å². The van der Waals surface area contributed by atoms with Gasteiger partial charge in [0.1, 0.15) is 18.0 Å². The second-order valence-electron chi connectivity index (χ2n) is 7.20. The molecule has 2 aromatic rings. The van der Waals surface area contributed by atoms with Crippen molar-refractivity contribution in [3.05, 3.63) is 12.7 Å². The van der Waals surface area contributed by atoms with E-state index in [1.807, 2.05) is 0 Å². The Morgan fingerprint density at radius 3 is 2.72 bits per heavy atom. The van der Waals surface area contributed by atoms with Crippen LogP contribution in [0.2, 0.25) is 0 Å². The van der Waals surface area contributed by atoms with Crippen LogP contribution in [0.4, 0.5) is 10.2 Å². The molecule has 0 amide bonds. The van der Waals surface area contributed by atoms with Gasteiger partial charge in [-0.3, -0.25) is 4.57 Å². The van der Waals surface area contributed by atoms with Crippen LogP contribution in [0.5, 0.6) is 0 Å². The quantitative estimate of drug-likeness (QED) is 0.759. The lowest BCUT2D eigenvalue weighted by atomic mass is 9.85. The maximum atomic E-state index is 15.4. The van der Waals surface area contributed by atoms with Crippen molar-refractivity contribution in [2.45, 2.75) is 62.8 Å². The molecule has 0 bridgehead atoms. The van der Waals surface area contributed by atoms with Crippen LogP contribution in [-0.2, 0) is 4.74 Å². The van der Waals surface area contributed by atoms with Gasteiger partial charge in [-0.15, -0.1) is 0 Å². The van der Waals surface area contributed by atoms with Crippen molar-refractivity contribution in [2.24, 2.45) is 0 Å². The van der Waals surface area contributed by atoms with Gasteiger partial charge >= 0.3 is 0 Å². The monoisotopic (exact) mass is 351 g/mol. The number of imidazole rings is 1. The molecule has 1 saturated heterocycles. The van der Waals surface area contributed by atoms with Gasteiger partial charge in [0.25, 0.3) is 0 Å². The van der Waals surface area contributed by atoms with E-state index < -0.39 is 30.2 Å². The molecule has 1 aliphatic carbocycles. The first-order valence-corrected chi connectivity index (χ1v) is 8.48. The number of hydrogen-bond donors (Lipinski definition) is 3. The third-order valence-electron chi connectivity index (χ3n) is 5.60. The van der Waals surface area contributed by atoms with E-state index in [-0.39, 0.29) is 0 Å². The van der Waals surface area contributed by atoms with Gasteiger partial charge < -0.3 is 20.3 Å². The average molecular weight is 351 g/mol. The molecule has 4 atom stereocenters. The van der Waals surface area contributed by atoms with Crippen molar-refractivity contribution in [2.75, 3.05) is 11.9 Å². The van der Waals surface area contributed by atoms with Crippen molar-refractivity contribution >= 4 is 17.0 Å². The fraction of sp³-hybridized carbons (Fsp3) is 0.688. The van der Waals surface area contributed by atoms with Crippen LogP contribution in [0, 0.1) is 0 Å². The molecule has 3 N–H and O–H groups in total. The molecule has 3 heterocycles. The summed E-state index contributed by atoms with van der Waals surface area (Å²) in [4.78, 5) is 12.8. The molecule has 2 aliphatic rings. The van der Waals surface area contributed by atoms with Gasteiger partial charge in [-0.1, -0.05) is 0 Å². The highest BCUT2D eigenvalue weighted by Crippen LogP contribution is 2.48. The van der Waals surface area contributed by atoms with E-state index in [2.05, 4.69) is 20.3 Å². The van der Waals surface area contributed by atoms with Crippen LogP contribution in [0.1, 0.15) is 39.3 Å². The zero-order valence-corrected chi connectivity index (χ0v) is 14.2. The highest BCUT2D eigenvalue weighted by molar-refractivity contribution is 5.82. The first kappa shape index (κ1) is 16.6. The molecular formula is C16H22FN5O3. The van der Waals surface area contributed by atoms with Crippen molar-refractivity contribution in [3.63, 3.8) is 0 Å². The SMILES string of the molecule is C[C@]1(F)[C@H](n2cnc3c(NC4CCC4)ncnc32)O[C@H](CO)[C@@]1(C)O. The van der Waals surface area contributed by atoms with Crippen LogP contribution >= 0.6 is 0 Å². The molecule has 0 aromatic carbocycles. The zero-order valence-electron chi connectivity index (χ0n) is 14.2. The van der Waals surface area contributed by atoms with Crippen LogP contribution in [-0.4, -0.2) is 59.8 Å². The number of nitrogens with zero attached hydrogens (tertiary/aromatic N) is 4. The molecule has 0 spiro atoms. The van der Waals surface area contributed by atoms with Gasteiger partial charge in [0.2, 0.25) is 0 Å². The van der Waals surface area contributed by atoms with Crippen molar-refractivity contribution in [1.29, 1.82) is 0 Å². The Kier molecular flexibility index (Phi) is 3.71. The lowest BCUT2D eigenvalue weighted by Crippen LogP contribution is -2.51. The van der Waals surface area contributed by atoms with E-state index in [0.29, 0.717) is 23.0 Å². The number of halogens is 1. The summed E-state index contributed by atoms with van der Waals surface area (Å²) in [6.07, 6.45) is 3.99. The normalized spacial score (nSPS) is 35.9. The Morgan fingerprint density at radius 1 is 1.36 bits per heavy atom. The first-order chi connectivity index (χ1) is 11.9. The third-order valence-corrected chi connectivity index (χ3v) is 5.60. The third kappa shape index (κ3) is 2.33. The standard InChI is InChI=1S/C16H22FN5O3/c1-15(17)14(25-10(6-23)16(15,2)24)22-8-20-11-12(18-7-19-13(11)22)21-9-4-3-5-9/h7-10,14,23-24H,3-6H2,1-2H3,(H,18,19,21)/t10-,14-,15+,16-/m1/s1. The highest BCUT2D eigenvalue weighted by Gasteiger charge is 2.63. The predicted molar refractivity (Wildman–Crippen MR) is 87.7 cm³/mol. The fourth-order valence-corrected chi connectivity index (χ4v) is 3.40. The molecular weight excluding hydrogens is 329 g/mol. The lowest BCUT2D eigenvalue weighted by molar-refractivity contribution is -0.0891. The molecule has 1 saturated carbocycles. The van der Waals surface area contributed by atoms with E-state index in [0.717, 1.165) is 12.8 Å². The number of fused-ring (bicyclic) bond motifs is 1. The number of alkyl halides is 1. The number of ether oxygens (including phenoxy) is 1. The first-order valence-electron chi connectivity index (χ1n) is 8.48. The maximum absolute atomic E-state index is 15.4. The topological polar surface area (TPSA) is 105 Å². The van der Waals surface area contributed by atoms with Gasteiger partial charge in [-0.05, 0) is 33.1 Å². The van der Waals surface area contributed by atoms with Gasteiger partial charge in [-0.25, -0.2) is 19.3 Å². The minimum absolute atomic E-state index is 0.372. The molecule has 0 radical (unpaired) electrons. The summed E-state index contributed by atoms with van der Waals surface area (Å²) in [5, 5.41) is 23.3. The molecule has 1 aliphatic heterocycles. The molecule has 8 nitrogen and oxygen atoms in total. The summed E-state index contributed by atoms with van der Waals surface area (Å²) in [5.74, 6) is 0.609. The number of nitrogens with one attached hydrogen (secondary N) is 1. The average Bonchev–Trinajstić information content (AvgIpc) is 3.02. The summed E-state index contributed by atoms with van der Waals surface area (Å²) in [7, 11) is 0. The largest absolute Gasteiger partial charge is 0.394 e. The molecule has 136 valence electrons. The Labute approximate surface area is 144 Å². The number of aromatic nitrogens is 4. The van der Waals surface area contributed by atoms with E-state index >= 15 is 4.39 Å². The van der Waals surface area contributed by atoms with Crippen LogP contribution in [0.3, 0.4) is 0 Å². The molecule has 2 fully saturated rings. The molecule has 9 heteroatoms. The van der Waals surface area contributed by atoms with Crippen molar-refractivity contribution < 1.29 is 19.3 Å². The second kappa shape index (κ2) is 5.58. The van der Waals surface area contributed by atoms with Crippen molar-refractivity contribution in [3.8, 4) is 0 Å². The lowest BCUT2D eigenvalue weighted by Gasteiger charge is -2.32. The summed E-state index contributed by atoms with van der Waals surface area (Å²) >= 11 is 0. The second-order valence-corrected chi connectivity index (χ2v) is 7.20. The Hall–Kier alpha value is -1.84. The number of aliphatic hydroxyl groups excluding tert-OH is 1. The van der Waals surface area contributed by atoms with E-state index in [1.54, 1.807) is 0 Å². The van der Waals surface area contributed by atoms with Crippen molar-refractivity contribution in [1.82, 2.24) is 19.5 Å². The Balaban J connectivity index is 1.73. The zero-order chi connectivity index (χ0) is 17.8. The molecule has 0 unspecified atom stereocenters. The number of aliphatic hydroxyl groups is 2. The maximum Gasteiger partial charge on any atom is 0.183 e. The van der Waals surface area contributed by atoms with Gasteiger partial charge in [0.05, 0.1) is 12.9 Å². The Morgan fingerprint density at radius 2 is 2.12 bits per heavy atom.